The molecule has 0 amide bonds. The molecule has 0 aromatic rings. The minimum atomic E-state index is -1.79. The van der Waals surface area contributed by atoms with E-state index in [4.69, 9.17) is 14.2 Å². The van der Waals surface area contributed by atoms with Gasteiger partial charge in [-0.05, 0) is 19.4 Å². The second-order valence-electron chi connectivity index (χ2n) is 9.09. The van der Waals surface area contributed by atoms with Crippen molar-refractivity contribution in [2.45, 2.75) is 83.9 Å². The second-order valence-corrected chi connectivity index (χ2v) is 9.09. The first-order valence-corrected chi connectivity index (χ1v) is 10.0. The van der Waals surface area contributed by atoms with Crippen LogP contribution in [0.15, 0.2) is 11.1 Å². The highest BCUT2D eigenvalue weighted by Crippen LogP contribution is 2.55. The summed E-state index contributed by atoms with van der Waals surface area (Å²) in [6.07, 6.45) is -2.55. The van der Waals surface area contributed by atoms with Gasteiger partial charge in [0.25, 0.3) is 0 Å². The maximum absolute atomic E-state index is 12.4. The lowest BCUT2D eigenvalue weighted by atomic mass is 9.77. The molecule has 1 aliphatic heterocycles. The van der Waals surface area contributed by atoms with Crippen molar-refractivity contribution in [1.82, 2.24) is 0 Å². The van der Waals surface area contributed by atoms with E-state index >= 15 is 0 Å². The van der Waals surface area contributed by atoms with Crippen LogP contribution in [0.3, 0.4) is 0 Å². The largest absolute Gasteiger partial charge is 0.462 e. The Bertz CT molecular complexity index is 767. The first kappa shape index (κ1) is 21.8. The Balaban J connectivity index is 2.12. The van der Waals surface area contributed by atoms with Gasteiger partial charge in [-0.25, -0.2) is 0 Å². The summed E-state index contributed by atoms with van der Waals surface area (Å²) in [6.45, 7) is 9.54. The van der Waals surface area contributed by atoms with Crippen molar-refractivity contribution >= 4 is 17.9 Å². The molecule has 1 saturated carbocycles. The summed E-state index contributed by atoms with van der Waals surface area (Å²) in [7, 11) is 0. The lowest BCUT2D eigenvalue weighted by Gasteiger charge is -2.40. The van der Waals surface area contributed by atoms with Crippen molar-refractivity contribution in [2.75, 3.05) is 0 Å². The van der Waals surface area contributed by atoms with Crippen molar-refractivity contribution in [1.29, 1.82) is 0 Å². The van der Waals surface area contributed by atoms with E-state index in [2.05, 4.69) is 0 Å². The Hall–Kier alpha value is -1.93. The summed E-state index contributed by atoms with van der Waals surface area (Å²) in [4.78, 5) is 36.3. The number of esters is 3. The van der Waals surface area contributed by atoms with Crippen LogP contribution in [-0.2, 0) is 28.6 Å². The second kappa shape index (κ2) is 7.09. The van der Waals surface area contributed by atoms with Crippen LogP contribution in [0.1, 0.15) is 54.4 Å². The summed E-state index contributed by atoms with van der Waals surface area (Å²) in [5, 5.41) is 22.9. The van der Waals surface area contributed by atoms with Crippen molar-refractivity contribution in [3.8, 4) is 0 Å². The number of aliphatic hydroxyl groups is 2. The number of fused-ring (bicyclic) bond motifs is 3. The highest BCUT2D eigenvalue weighted by atomic mass is 16.6. The standard InChI is InChI=1S/C21H30O8/c1-9(2)18(23)28-14-7-20(6,25)21(26)8-13(27-12(5)22)10(3)16(21)17-15(14)11(4)19(24)29-17/h9,11,13-15,17,25-26H,7-8H2,1-6H3/t11-,13?,14+,15+,17-,20+,21-/m0/s1. The van der Waals surface area contributed by atoms with Gasteiger partial charge in [-0.1, -0.05) is 20.8 Å². The van der Waals surface area contributed by atoms with Gasteiger partial charge in [-0.15, -0.1) is 0 Å². The molecule has 1 unspecified atom stereocenters. The maximum atomic E-state index is 12.4. The predicted octanol–water partition coefficient (Wildman–Crippen LogP) is 1.27. The maximum Gasteiger partial charge on any atom is 0.309 e. The average Bonchev–Trinajstić information content (AvgIpc) is 2.98. The van der Waals surface area contributed by atoms with Gasteiger partial charge in [-0.3, -0.25) is 14.4 Å². The van der Waals surface area contributed by atoms with Crippen LogP contribution in [0.2, 0.25) is 0 Å². The molecule has 3 rings (SSSR count). The molecule has 1 heterocycles. The highest BCUT2D eigenvalue weighted by Gasteiger charge is 2.66. The Labute approximate surface area is 170 Å². The number of hydrogen-bond acceptors (Lipinski definition) is 8. The molecule has 8 heteroatoms. The molecule has 0 bridgehead atoms. The van der Waals surface area contributed by atoms with Crippen LogP contribution in [-0.4, -0.2) is 57.6 Å². The molecule has 2 N–H and O–H groups in total. The molecule has 7 atom stereocenters. The van der Waals surface area contributed by atoms with E-state index in [1.165, 1.54) is 13.8 Å². The Morgan fingerprint density at radius 1 is 1.21 bits per heavy atom. The van der Waals surface area contributed by atoms with Crippen molar-refractivity contribution < 1.29 is 38.8 Å². The topological polar surface area (TPSA) is 119 Å². The monoisotopic (exact) mass is 410 g/mol. The van der Waals surface area contributed by atoms with Crippen molar-refractivity contribution in [2.24, 2.45) is 17.8 Å². The molecule has 162 valence electrons. The zero-order valence-electron chi connectivity index (χ0n) is 17.7. The summed E-state index contributed by atoms with van der Waals surface area (Å²) in [6, 6.07) is 0. The summed E-state index contributed by atoms with van der Waals surface area (Å²) >= 11 is 0. The third-order valence-electron chi connectivity index (χ3n) is 6.63. The van der Waals surface area contributed by atoms with Crippen LogP contribution in [0.4, 0.5) is 0 Å². The molecule has 29 heavy (non-hydrogen) atoms. The average molecular weight is 410 g/mol. The predicted molar refractivity (Wildman–Crippen MR) is 100 cm³/mol. The van der Waals surface area contributed by atoms with Crippen LogP contribution >= 0.6 is 0 Å². The van der Waals surface area contributed by atoms with Crippen LogP contribution in [0, 0.1) is 17.8 Å². The van der Waals surface area contributed by atoms with Crippen LogP contribution in [0.5, 0.6) is 0 Å². The van der Waals surface area contributed by atoms with E-state index < -0.39 is 59.3 Å². The third-order valence-corrected chi connectivity index (χ3v) is 6.63. The molecule has 0 spiro atoms. The van der Waals surface area contributed by atoms with E-state index in [9.17, 15) is 24.6 Å². The number of carbonyl (C=O) groups excluding carboxylic acids is 3. The molecule has 0 aromatic heterocycles. The van der Waals surface area contributed by atoms with E-state index in [-0.39, 0.29) is 18.8 Å². The van der Waals surface area contributed by atoms with Gasteiger partial charge in [0.2, 0.25) is 0 Å². The van der Waals surface area contributed by atoms with E-state index in [0.29, 0.717) is 11.1 Å². The lowest BCUT2D eigenvalue weighted by molar-refractivity contribution is -0.171. The first-order valence-electron chi connectivity index (χ1n) is 10.0. The lowest BCUT2D eigenvalue weighted by Crippen LogP contribution is -2.54. The number of carbonyl (C=O) groups is 3. The van der Waals surface area contributed by atoms with E-state index in [1.807, 2.05) is 0 Å². The molecule has 0 aromatic carbocycles. The summed E-state index contributed by atoms with van der Waals surface area (Å²) in [5.74, 6) is -2.94. The van der Waals surface area contributed by atoms with Crippen molar-refractivity contribution in [3.05, 3.63) is 11.1 Å². The zero-order valence-corrected chi connectivity index (χ0v) is 17.7. The minimum Gasteiger partial charge on any atom is -0.462 e. The van der Waals surface area contributed by atoms with Crippen LogP contribution in [0.25, 0.3) is 0 Å². The molecular weight excluding hydrogens is 380 g/mol. The molecule has 0 radical (unpaired) electrons. The normalized spacial score (nSPS) is 41.6. The number of rotatable bonds is 3. The smallest absolute Gasteiger partial charge is 0.309 e. The Morgan fingerprint density at radius 3 is 2.38 bits per heavy atom. The van der Waals surface area contributed by atoms with Gasteiger partial charge >= 0.3 is 17.9 Å². The van der Waals surface area contributed by atoms with E-state index in [1.54, 1.807) is 27.7 Å². The molecule has 1 saturated heterocycles. The van der Waals surface area contributed by atoms with Gasteiger partial charge in [0.15, 0.2) is 0 Å². The van der Waals surface area contributed by atoms with Crippen molar-refractivity contribution in [3.63, 3.8) is 0 Å². The fourth-order valence-electron chi connectivity index (χ4n) is 4.93. The highest BCUT2D eigenvalue weighted by molar-refractivity contribution is 5.77. The molecule has 2 fully saturated rings. The fraction of sp³-hybridized carbons (Fsp3) is 0.762. The minimum absolute atomic E-state index is 0.0548. The quantitative estimate of drug-likeness (QED) is 0.406. The van der Waals surface area contributed by atoms with Gasteiger partial charge in [-0.2, -0.15) is 0 Å². The van der Waals surface area contributed by atoms with Gasteiger partial charge in [0, 0.05) is 25.3 Å². The number of hydrogen-bond donors (Lipinski definition) is 2. The van der Waals surface area contributed by atoms with Gasteiger partial charge < -0.3 is 24.4 Å². The molecule has 8 nitrogen and oxygen atoms in total. The third kappa shape index (κ3) is 3.36. The molecule has 3 aliphatic rings. The first-order chi connectivity index (χ1) is 13.3. The fourth-order valence-corrected chi connectivity index (χ4v) is 4.93. The SMILES string of the molecule is CC(=O)OC1C[C@]2(O)C(=C1C)[C@H]1OC(=O)[C@@H](C)[C@@H]1[C@H](OC(=O)C(C)C)C[C@@]2(C)O. The molecular formula is C21H30O8. The Kier molecular flexibility index (Phi) is 5.32. The summed E-state index contributed by atoms with van der Waals surface area (Å²) in [5.41, 5.74) is -2.59. The zero-order chi connectivity index (χ0) is 21.9. The van der Waals surface area contributed by atoms with E-state index in [0.717, 1.165) is 0 Å². The Morgan fingerprint density at radius 2 is 1.83 bits per heavy atom. The molecule has 2 aliphatic carbocycles. The van der Waals surface area contributed by atoms with Gasteiger partial charge in [0.05, 0.1) is 23.4 Å². The van der Waals surface area contributed by atoms with Gasteiger partial charge in [0.1, 0.15) is 23.9 Å². The number of ether oxygens (including phenoxy) is 3. The summed E-state index contributed by atoms with van der Waals surface area (Å²) < 4.78 is 16.7. The van der Waals surface area contributed by atoms with Crippen LogP contribution < -0.4 is 0 Å².